The standard InChI is InChI=1S/C25H22F3N3O2S/c1-3-22-30-20(15(2)34-22)14-31-21(13-19(25(26,27)28)23(29)24(31)32)16-9-11-18(12-10-16)33-17-7-5-4-6-8-17/h4-13H,3,14,29H2,1-2H3. The van der Waals surface area contributed by atoms with Crippen molar-refractivity contribution in [2.75, 3.05) is 5.73 Å². The van der Waals surface area contributed by atoms with Crippen LogP contribution in [0.3, 0.4) is 0 Å². The molecule has 0 saturated heterocycles. The minimum atomic E-state index is -4.76. The van der Waals surface area contributed by atoms with Gasteiger partial charge < -0.3 is 15.0 Å². The van der Waals surface area contributed by atoms with Gasteiger partial charge in [-0.15, -0.1) is 11.3 Å². The Bertz CT molecular complexity index is 1360. The number of hydrogen-bond donors (Lipinski definition) is 1. The fraction of sp³-hybridized carbons (Fsp3) is 0.200. The lowest BCUT2D eigenvalue weighted by Gasteiger charge is -2.18. The molecule has 4 aromatic rings. The highest BCUT2D eigenvalue weighted by molar-refractivity contribution is 7.11. The van der Waals surface area contributed by atoms with Gasteiger partial charge in [-0.05, 0) is 61.4 Å². The topological polar surface area (TPSA) is 70.1 Å². The van der Waals surface area contributed by atoms with Crippen molar-refractivity contribution in [1.82, 2.24) is 9.55 Å². The van der Waals surface area contributed by atoms with E-state index in [0.717, 1.165) is 22.4 Å². The molecular formula is C25H22F3N3O2S. The molecule has 2 heterocycles. The summed E-state index contributed by atoms with van der Waals surface area (Å²) < 4.78 is 48.0. The monoisotopic (exact) mass is 485 g/mol. The molecule has 0 amide bonds. The zero-order valence-electron chi connectivity index (χ0n) is 18.5. The summed E-state index contributed by atoms with van der Waals surface area (Å²) in [6.45, 7) is 3.86. The minimum absolute atomic E-state index is 0.0150. The maximum atomic E-state index is 13.6. The Morgan fingerprint density at radius 2 is 1.71 bits per heavy atom. The maximum Gasteiger partial charge on any atom is 0.418 e. The number of aromatic nitrogens is 2. The Kier molecular flexibility index (Phi) is 6.47. The molecule has 0 unspecified atom stereocenters. The summed E-state index contributed by atoms with van der Waals surface area (Å²) in [7, 11) is 0. The molecule has 0 spiro atoms. The fourth-order valence-electron chi connectivity index (χ4n) is 3.55. The molecule has 0 atom stereocenters. The number of nitrogen functional groups attached to an aromatic ring is 1. The van der Waals surface area contributed by atoms with Gasteiger partial charge in [-0.3, -0.25) is 4.79 Å². The number of hydrogen-bond acceptors (Lipinski definition) is 5. The van der Waals surface area contributed by atoms with Gasteiger partial charge in [0.25, 0.3) is 5.56 Å². The predicted molar refractivity (Wildman–Crippen MR) is 127 cm³/mol. The van der Waals surface area contributed by atoms with Gasteiger partial charge in [-0.2, -0.15) is 13.2 Å². The van der Waals surface area contributed by atoms with E-state index >= 15 is 0 Å². The Labute approximate surface area is 198 Å². The molecule has 5 nitrogen and oxygen atoms in total. The van der Waals surface area contributed by atoms with E-state index in [0.29, 0.717) is 22.8 Å². The number of thiazole rings is 1. The third kappa shape index (κ3) is 4.84. The summed E-state index contributed by atoms with van der Waals surface area (Å²) in [5, 5.41) is 0.893. The molecule has 0 fully saturated rings. The average molecular weight is 486 g/mol. The maximum absolute atomic E-state index is 13.6. The first-order valence-electron chi connectivity index (χ1n) is 10.6. The number of anilines is 1. The second kappa shape index (κ2) is 9.34. The molecule has 34 heavy (non-hydrogen) atoms. The smallest absolute Gasteiger partial charge is 0.418 e. The molecule has 9 heteroatoms. The average Bonchev–Trinajstić information content (AvgIpc) is 3.17. The number of pyridine rings is 1. The summed E-state index contributed by atoms with van der Waals surface area (Å²) in [5.74, 6) is 1.14. The van der Waals surface area contributed by atoms with E-state index < -0.39 is 23.0 Å². The van der Waals surface area contributed by atoms with Crippen molar-refractivity contribution in [2.24, 2.45) is 0 Å². The quantitative estimate of drug-likeness (QED) is 0.349. The van der Waals surface area contributed by atoms with Gasteiger partial charge in [-0.25, -0.2) is 4.98 Å². The van der Waals surface area contributed by atoms with Gasteiger partial charge in [0.2, 0.25) is 0 Å². The van der Waals surface area contributed by atoms with E-state index in [4.69, 9.17) is 10.5 Å². The van der Waals surface area contributed by atoms with E-state index in [-0.39, 0.29) is 12.2 Å². The van der Waals surface area contributed by atoms with Crippen LogP contribution >= 0.6 is 11.3 Å². The van der Waals surface area contributed by atoms with Crippen molar-refractivity contribution in [3.8, 4) is 22.8 Å². The molecule has 2 aromatic heterocycles. The SMILES string of the molecule is CCc1nc(Cn2c(-c3ccc(Oc4ccccc4)cc3)cc(C(F)(F)F)c(N)c2=O)c(C)s1. The summed E-state index contributed by atoms with van der Waals surface area (Å²) in [5.41, 5.74) is 3.93. The first-order chi connectivity index (χ1) is 16.2. The van der Waals surface area contributed by atoms with Crippen molar-refractivity contribution in [2.45, 2.75) is 33.0 Å². The van der Waals surface area contributed by atoms with Crippen LogP contribution in [0.1, 0.15) is 28.1 Å². The lowest BCUT2D eigenvalue weighted by Crippen LogP contribution is -2.29. The number of ether oxygens (including phenoxy) is 1. The van der Waals surface area contributed by atoms with Crippen LogP contribution in [-0.4, -0.2) is 9.55 Å². The van der Waals surface area contributed by atoms with Crippen LogP contribution < -0.4 is 16.0 Å². The number of alkyl halides is 3. The molecule has 176 valence electrons. The van der Waals surface area contributed by atoms with Crippen LogP contribution in [0.4, 0.5) is 18.9 Å². The van der Waals surface area contributed by atoms with Crippen LogP contribution in [0.2, 0.25) is 0 Å². The number of rotatable bonds is 6. The second-order valence-corrected chi connectivity index (χ2v) is 8.94. The Morgan fingerprint density at radius 1 is 1.06 bits per heavy atom. The summed E-state index contributed by atoms with van der Waals surface area (Å²) >= 11 is 1.50. The van der Waals surface area contributed by atoms with Crippen LogP contribution in [0, 0.1) is 6.92 Å². The highest BCUT2D eigenvalue weighted by Crippen LogP contribution is 2.35. The van der Waals surface area contributed by atoms with Gasteiger partial charge in [0, 0.05) is 4.88 Å². The van der Waals surface area contributed by atoms with Gasteiger partial charge in [0.1, 0.15) is 17.2 Å². The first-order valence-corrected chi connectivity index (χ1v) is 11.4. The summed E-state index contributed by atoms with van der Waals surface area (Å²) in [6, 6.07) is 16.6. The molecule has 2 aromatic carbocycles. The van der Waals surface area contributed by atoms with Crippen LogP contribution in [0.5, 0.6) is 11.5 Å². The van der Waals surface area contributed by atoms with Crippen LogP contribution in [-0.2, 0) is 19.1 Å². The summed E-state index contributed by atoms with van der Waals surface area (Å²) in [4.78, 5) is 18.5. The third-order valence-electron chi connectivity index (χ3n) is 5.32. The molecule has 0 radical (unpaired) electrons. The largest absolute Gasteiger partial charge is 0.457 e. The van der Waals surface area contributed by atoms with Crippen LogP contribution in [0.25, 0.3) is 11.3 Å². The lowest BCUT2D eigenvalue weighted by molar-refractivity contribution is -0.137. The van der Waals surface area contributed by atoms with Crippen molar-refractivity contribution in [3.05, 3.63) is 92.2 Å². The lowest BCUT2D eigenvalue weighted by atomic mass is 10.1. The number of aryl methyl sites for hydroxylation is 2. The van der Waals surface area contributed by atoms with E-state index in [1.54, 1.807) is 36.4 Å². The first kappa shape index (κ1) is 23.6. The molecule has 0 saturated carbocycles. The Morgan fingerprint density at radius 3 is 2.29 bits per heavy atom. The van der Waals surface area contributed by atoms with Crippen molar-refractivity contribution >= 4 is 17.0 Å². The number of benzene rings is 2. The van der Waals surface area contributed by atoms with Crippen molar-refractivity contribution < 1.29 is 17.9 Å². The van der Waals surface area contributed by atoms with E-state index in [2.05, 4.69) is 4.98 Å². The Balaban J connectivity index is 1.80. The molecule has 0 aliphatic carbocycles. The second-order valence-electron chi connectivity index (χ2n) is 7.65. The number of nitrogens with two attached hydrogens (primary N) is 1. The number of nitrogens with zero attached hydrogens (tertiary/aromatic N) is 2. The Hall–Kier alpha value is -3.59. The van der Waals surface area contributed by atoms with Gasteiger partial charge in [-0.1, -0.05) is 25.1 Å². The van der Waals surface area contributed by atoms with Gasteiger partial charge in [0.05, 0.1) is 28.5 Å². The zero-order valence-corrected chi connectivity index (χ0v) is 19.3. The van der Waals surface area contributed by atoms with Gasteiger partial charge in [0.15, 0.2) is 0 Å². The third-order valence-corrected chi connectivity index (χ3v) is 6.48. The van der Waals surface area contributed by atoms with E-state index in [1.165, 1.54) is 15.9 Å². The normalized spacial score (nSPS) is 11.6. The molecule has 0 aliphatic heterocycles. The summed E-state index contributed by atoms with van der Waals surface area (Å²) in [6.07, 6.45) is -4.04. The predicted octanol–water partition coefficient (Wildman–Crippen LogP) is 6.28. The fourth-order valence-corrected chi connectivity index (χ4v) is 4.43. The molecular weight excluding hydrogens is 463 g/mol. The van der Waals surface area contributed by atoms with Gasteiger partial charge >= 0.3 is 6.18 Å². The van der Waals surface area contributed by atoms with Crippen LogP contribution in [0.15, 0.2) is 65.5 Å². The van der Waals surface area contributed by atoms with Crippen molar-refractivity contribution in [3.63, 3.8) is 0 Å². The molecule has 0 aliphatic rings. The number of para-hydroxylation sites is 1. The van der Waals surface area contributed by atoms with E-state index in [9.17, 15) is 18.0 Å². The minimum Gasteiger partial charge on any atom is -0.457 e. The molecule has 0 bridgehead atoms. The van der Waals surface area contributed by atoms with E-state index in [1.807, 2.05) is 32.0 Å². The molecule has 2 N–H and O–H groups in total. The number of halogens is 3. The highest BCUT2D eigenvalue weighted by Gasteiger charge is 2.35. The highest BCUT2D eigenvalue weighted by atomic mass is 32.1. The zero-order chi connectivity index (χ0) is 24.5. The van der Waals surface area contributed by atoms with Crippen molar-refractivity contribution in [1.29, 1.82) is 0 Å². The molecule has 4 rings (SSSR count).